The monoisotopic (exact) mass is 820 g/mol. The molecule has 338 valence electrons. The average molecular weight is 820 g/mol. The molecule has 7 atom stereocenters. The molecule has 1 rings (SSSR count). The van der Waals surface area contributed by atoms with Gasteiger partial charge >= 0.3 is 0 Å². The first kappa shape index (κ1) is 54.2. The standard InChI is InChI=1S/C49H89NO8/c1-3-5-7-9-11-13-15-17-19-20-21-22-23-24-25-27-29-31-33-35-37-39-45(53)50-42(41-57-49-48(56)47(55)46(54)44(40-51)58-49)43(52)38-36-34-32-30-28-26-18-16-14-12-10-8-6-4-2/h5,7,11,13,28,30,36,38,42-44,46-49,51-52,54-56H,3-4,6,8-10,12,14-27,29,31-35,37,39-41H2,1-2H3,(H,50,53)/b7-5-,13-11-,30-28+,38-36+. The highest BCUT2D eigenvalue weighted by Crippen LogP contribution is 2.22. The van der Waals surface area contributed by atoms with Gasteiger partial charge in [0.25, 0.3) is 0 Å². The molecule has 1 amide bonds. The number of nitrogens with one attached hydrogen (secondary N) is 1. The third-order valence-corrected chi connectivity index (χ3v) is 11.1. The zero-order valence-corrected chi connectivity index (χ0v) is 37.0. The SMILES string of the molecule is CC/C=C\C/C=C\CCCCCCCCCCCCCCCCC(=O)NC(COC1OC(CO)C(O)C(O)C1O)C(O)/C=C/CC/C=C/CCCCCCCCCC. The van der Waals surface area contributed by atoms with E-state index in [0.717, 1.165) is 51.4 Å². The van der Waals surface area contributed by atoms with Gasteiger partial charge in [0.15, 0.2) is 6.29 Å². The molecule has 58 heavy (non-hydrogen) atoms. The number of hydrogen-bond acceptors (Lipinski definition) is 8. The number of hydrogen-bond donors (Lipinski definition) is 6. The molecule has 0 aromatic heterocycles. The quantitative estimate of drug-likeness (QED) is 0.0265. The summed E-state index contributed by atoms with van der Waals surface area (Å²) >= 11 is 0. The summed E-state index contributed by atoms with van der Waals surface area (Å²) in [6, 6.07) is -0.820. The van der Waals surface area contributed by atoms with Crippen molar-refractivity contribution < 1.29 is 39.8 Å². The second-order valence-corrected chi connectivity index (χ2v) is 16.5. The molecule has 9 heteroatoms. The van der Waals surface area contributed by atoms with Crippen molar-refractivity contribution in [3.8, 4) is 0 Å². The summed E-state index contributed by atoms with van der Waals surface area (Å²) in [7, 11) is 0. The van der Waals surface area contributed by atoms with E-state index in [0.29, 0.717) is 6.42 Å². The van der Waals surface area contributed by atoms with Gasteiger partial charge in [0, 0.05) is 6.42 Å². The summed E-state index contributed by atoms with van der Waals surface area (Å²) in [4.78, 5) is 13.0. The summed E-state index contributed by atoms with van der Waals surface area (Å²) in [5, 5.41) is 54.2. The summed E-state index contributed by atoms with van der Waals surface area (Å²) in [5.74, 6) is -0.189. The number of carbonyl (C=O) groups excluding carboxylic acids is 1. The third kappa shape index (κ3) is 29.4. The number of unbranched alkanes of at least 4 members (excludes halogenated alkanes) is 23. The lowest BCUT2D eigenvalue weighted by atomic mass is 9.99. The number of amides is 1. The maximum absolute atomic E-state index is 13.0. The predicted molar refractivity (Wildman–Crippen MR) is 239 cm³/mol. The molecular weight excluding hydrogens is 731 g/mol. The maximum atomic E-state index is 13.0. The van der Waals surface area contributed by atoms with Gasteiger partial charge < -0.3 is 40.3 Å². The number of carbonyl (C=O) groups is 1. The summed E-state index contributed by atoms with van der Waals surface area (Å²) in [6.45, 7) is 3.65. The Labute approximate surface area is 354 Å². The van der Waals surface area contributed by atoms with Gasteiger partial charge in [0.2, 0.25) is 5.91 Å². The van der Waals surface area contributed by atoms with E-state index >= 15 is 0 Å². The Hall–Kier alpha value is -1.85. The Bertz CT molecular complexity index is 1050. The molecule has 0 radical (unpaired) electrons. The lowest BCUT2D eigenvalue weighted by Crippen LogP contribution is -2.60. The number of rotatable bonds is 39. The Morgan fingerprint density at radius 3 is 1.64 bits per heavy atom. The Morgan fingerprint density at radius 2 is 1.09 bits per heavy atom. The van der Waals surface area contributed by atoms with Gasteiger partial charge in [-0.3, -0.25) is 4.79 Å². The lowest BCUT2D eigenvalue weighted by Gasteiger charge is -2.40. The molecule has 1 heterocycles. The fourth-order valence-corrected chi connectivity index (χ4v) is 7.33. The highest BCUT2D eigenvalue weighted by Gasteiger charge is 2.44. The van der Waals surface area contributed by atoms with Crippen LogP contribution in [0.2, 0.25) is 0 Å². The minimum Gasteiger partial charge on any atom is -0.394 e. The van der Waals surface area contributed by atoms with Gasteiger partial charge in [0.05, 0.1) is 25.4 Å². The molecule has 1 aliphatic rings. The van der Waals surface area contributed by atoms with Crippen LogP contribution in [0, 0.1) is 0 Å². The molecule has 1 saturated heterocycles. The maximum Gasteiger partial charge on any atom is 0.220 e. The molecule has 7 unspecified atom stereocenters. The second-order valence-electron chi connectivity index (χ2n) is 16.5. The van der Waals surface area contributed by atoms with E-state index in [2.05, 4.69) is 55.6 Å². The molecule has 1 fully saturated rings. The van der Waals surface area contributed by atoms with Crippen LogP contribution in [0.4, 0.5) is 0 Å². The van der Waals surface area contributed by atoms with Crippen LogP contribution < -0.4 is 5.32 Å². The minimum absolute atomic E-state index is 0.189. The van der Waals surface area contributed by atoms with Crippen LogP contribution in [0.1, 0.15) is 200 Å². The lowest BCUT2D eigenvalue weighted by molar-refractivity contribution is -0.302. The minimum atomic E-state index is -1.57. The molecule has 0 aliphatic carbocycles. The number of aliphatic hydroxyl groups excluding tert-OH is 5. The largest absolute Gasteiger partial charge is 0.394 e. The van der Waals surface area contributed by atoms with Crippen molar-refractivity contribution >= 4 is 5.91 Å². The van der Waals surface area contributed by atoms with Gasteiger partial charge in [-0.2, -0.15) is 0 Å². The van der Waals surface area contributed by atoms with Crippen LogP contribution in [0.15, 0.2) is 48.6 Å². The third-order valence-electron chi connectivity index (χ3n) is 11.1. The Morgan fingerprint density at radius 1 is 0.603 bits per heavy atom. The summed E-state index contributed by atoms with van der Waals surface area (Å²) in [6.07, 6.45) is 43.0. The van der Waals surface area contributed by atoms with E-state index in [1.165, 1.54) is 128 Å². The van der Waals surface area contributed by atoms with E-state index < -0.39 is 49.5 Å². The van der Waals surface area contributed by atoms with Crippen LogP contribution in [0.3, 0.4) is 0 Å². The van der Waals surface area contributed by atoms with Gasteiger partial charge in [-0.1, -0.05) is 184 Å². The van der Waals surface area contributed by atoms with Gasteiger partial charge in [-0.15, -0.1) is 0 Å². The molecular formula is C49H89NO8. The van der Waals surface area contributed by atoms with Crippen molar-refractivity contribution in [2.45, 2.75) is 243 Å². The van der Waals surface area contributed by atoms with Gasteiger partial charge in [0.1, 0.15) is 24.4 Å². The van der Waals surface area contributed by atoms with Crippen LogP contribution >= 0.6 is 0 Å². The molecule has 0 aromatic rings. The van der Waals surface area contributed by atoms with Crippen molar-refractivity contribution in [2.24, 2.45) is 0 Å². The molecule has 0 bridgehead atoms. The number of aliphatic hydroxyl groups is 5. The number of ether oxygens (including phenoxy) is 2. The highest BCUT2D eigenvalue weighted by atomic mass is 16.7. The van der Waals surface area contributed by atoms with Crippen molar-refractivity contribution in [1.29, 1.82) is 0 Å². The first-order chi connectivity index (χ1) is 28.3. The van der Waals surface area contributed by atoms with Crippen molar-refractivity contribution in [1.82, 2.24) is 5.32 Å². The van der Waals surface area contributed by atoms with E-state index in [1.54, 1.807) is 6.08 Å². The fraction of sp³-hybridized carbons (Fsp3) is 0.816. The van der Waals surface area contributed by atoms with E-state index in [-0.39, 0.29) is 12.5 Å². The molecule has 0 spiro atoms. The predicted octanol–water partition coefficient (Wildman–Crippen LogP) is 10.2. The zero-order chi connectivity index (χ0) is 42.3. The summed E-state index contributed by atoms with van der Waals surface area (Å²) < 4.78 is 11.2. The first-order valence-electron chi connectivity index (χ1n) is 23.9. The van der Waals surface area contributed by atoms with Gasteiger partial charge in [-0.25, -0.2) is 0 Å². The molecule has 0 saturated carbocycles. The molecule has 1 aliphatic heterocycles. The van der Waals surface area contributed by atoms with Crippen LogP contribution in [-0.4, -0.2) is 87.5 Å². The van der Waals surface area contributed by atoms with Crippen LogP contribution in [0.25, 0.3) is 0 Å². The zero-order valence-electron chi connectivity index (χ0n) is 37.0. The van der Waals surface area contributed by atoms with Crippen molar-refractivity contribution in [3.05, 3.63) is 48.6 Å². The van der Waals surface area contributed by atoms with Crippen molar-refractivity contribution in [3.63, 3.8) is 0 Å². The highest BCUT2D eigenvalue weighted by molar-refractivity contribution is 5.76. The molecule has 9 nitrogen and oxygen atoms in total. The molecule has 6 N–H and O–H groups in total. The fourth-order valence-electron chi connectivity index (χ4n) is 7.33. The smallest absolute Gasteiger partial charge is 0.220 e. The molecule has 0 aromatic carbocycles. The number of allylic oxidation sites excluding steroid dienone is 7. The van der Waals surface area contributed by atoms with Crippen molar-refractivity contribution in [2.75, 3.05) is 13.2 Å². The van der Waals surface area contributed by atoms with E-state index in [9.17, 15) is 30.3 Å². The normalized spacial score (nSPS) is 21.3. The van der Waals surface area contributed by atoms with Gasteiger partial charge in [-0.05, 0) is 57.8 Å². The second kappa shape index (κ2) is 39.3. The average Bonchev–Trinajstić information content (AvgIpc) is 3.22. The van der Waals surface area contributed by atoms with E-state index in [4.69, 9.17) is 9.47 Å². The van der Waals surface area contributed by atoms with Crippen LogP contribution in [0.5, 0.6) is 0 Å². The summed E-state index contributed by atoms with van der Waals surface area (Å²) in [5.41, 5.74) is 0. The first-order valence-corrected chi connectivity index (χ1v) is 23.9. The Balaban J connectivity index is 2.32. The topological polar surface area (TPSA) is 149 Å². The Kier molecular flexibility index (Phi) is 36.7. The van der Waals surface area contributed by atoms with Crippen LogP contribution in [-0.2, 0) is 14.3 Å². The van der Waals surface area contributed by atoms with E-state index in [1.807, 2.05) is 6.08 Å².